The predicted octanol–water partition coefficient (Wildman–Crippen LogP) is 3.84. The minimum Gasteiger partial charge on any atom is -0.303 e. The first-order valence-corrected chi connectivity index (χ1v) is 6.76. The lowest BCUT2D eigenvalue weighted by molar-refractivity contribution is -0.113. The van der Waals surface area contributed by atoms with E-state index >= 15 is 0 Å². The lowest BCUT2D eigenvalue weighted by Crippen LogP contribution is -2.37. The third-order valence-electron chi connectivity index (χ3n) is 4.91. The molecule has 0 aromatic carbocycles. The number of fused-ring (bicyclic) bond motifs is 1. The Bertz CT molecular complexity index is 292. The molecule has 0 radical (unpaired) electrons. The third kappa shape index (κ3) is 2.09. The van der Waals surface area contributed by atoms with E-state index < -0.39 is 0 Å². The van der Waals surface area contributed by atoms with Crippen LogP contribution in [0.3, 0.4) is 0 Å². The van der Waals surface area contributed by atoms with Crippen molar-refractivity contribution >= 4 is 6.29 Å². The Kier molecular flexibility index (Phi) is 3.51. The Hall–Kier alpha value is -0.590. The fourth-order valence-electron chi connectivity index (χ4n) is 3.80. The monoisotopic (exact) mass is 220 g/mol. The largest absolute Gasteiger partial charge is 0.303 e. The van der Waals surface area contributed by atoms with E-state index in [9.17, 15) is 4.79 Å². The minimum atomic E-state index is 0.238. The van der Waals surface area contributed by atoms with Gasteiger partial charge in [-0.15, -0.1) is 0 Å². The van der Waals surface area contributed by atoms with Gasteiger partial charge in [-0.05, 0) is 49.9 Å². The average Bonchev–Trinajstić information content (AvgIpc) is 2.28. The van der Waals surface area contributed by atoms with Crippen molar-refractivity contribution in [2.45, 2.75) is 46.5 Å². The second-order valence-corrected chi connectivity index (χ2v) is 6.01. The maximum atomic E-state index is 11.0. The molecule has 1 heteroatoms. The van der Waals surface area contributed by atoms with Crippen LogP contribution in [0.2, 0.25) is 0 Å². The molecular weight excluding hydrogens is 196 g/mol. The summed E-state index contributed by atoms with van der Waals surface area (Å²) in [7, 11) is 0. The van der Waals surface area contributed by atoms with Gasteiger partial charge in [0.25, 0.3) is 0 Å². The summed E-state index contributed by atoms with van der Waals surface area (Å²) in [5.74, 6) is 3.21. The van der Waals surface area contributed by atoms with Crippen molar-refractivity contribution in [1.29, 1.82) is 0 Å². The van der Waals surface area contributed by atoms with E-state index in [4.69, 9.17) is 0 Å². The van der Waals surface area contributed by atoms with E-state index in [0.717, 1.165) is 18.1 Å². The lowest BCUT2D eigenvalue weighted by atomic mass is 9.60. The lowest BCUT2D eigenvalue weighted by Gasteiger charge is -2.44. The van der Waals surface area contributed by atoms with Crippen LogP contribution in [0.5, 0.6) is 0 Å². The van der Waals surface area contributed by atoms with Gasteiger partial charge in [-0.3, -0.25) is 0 Å². The predicted molar refractivity (Wildman–Crippen MR) is 67.1 cm³/mol. The molecule has 2 rings (SSSR count). The van der Waals surface area contributed by atoms with Crippen LogP contribution in [-0.2, 0) is 4.79 Å². The number of carbonyl (C=O) groups excluding carboxylic acids is 1. The van der Waals surface area contributed by atoms with Crippen molar-refractivity contribution < 1.29 is 4.79 Å². The highest BCUT2D eigenvalue weighted by Gasteiger charge is 2.39. The van der Waals surface area contributed by atoms with E-state index in [1.165, 1.54) is 25.7 Å². The summed E-state index contributed by atoms with van der Waals surface area (Å²) in [6.45, 7) is 6.74. The van der Waals surface area contributed by atoms with Gasteiger partial charge in [-0.1, -0.05) is 31.9 Å². The number of rotatable bonds is 2. The van der Waals surface area contributed by atoms with E-state index in [1.807, 2.05) is 0 Å². The molecule has 0 aliphatic heterocycles. The van der Waals surface area contributed by atoms with Gasteiger partial charge in [0, 0.05) is 5.92 Å². The van der Waals surface area contributed by atoms with Crippen molar-refractivity contribution in [3.05, 3.63) is 11.6 Å². The fraction of sp³-hybridized carbons (Fsp3) is 0.800. The summed E-state index contributed by atoms with van der Waals surface area (Å²) >= 11 is 0. The van der Waals surface area contributed by atoms with Crippen LogP contribution in [0, 0.1) is 29.6 Å². The summed E-state index contributed by atoms with van der Waals surface area (Å²) in [6.07, 6.45) is 8.82. The van der Waals surface area contributed by atoms with Gasteiger partial charge in [0.15, 0.2) is 0 Å². The SMILES string of the molecule is CC1=C[C@H]2[C@@H](CC1)[C@H](C)CC[C@@H]2C(C)C=O. The average molecular weight is 220 g/mol. The zero-order valence-corrected chi connectivity index (χ0v) is 10.8. The number of carbonyl (C=O) groups is 1. The topological polar surface area (TPSA) is 17.1 Å². The zero-order valence-electron chi connectivity index (χ0n) is 10.8. The van der Waals surface area contributed by atoms with Crippen molar-refractivity contribution in [1.82, 2.24) is 0 Å². The van der Waals surface area contributed by atoms with E-state index in [1.54, 1.807) is 5.57 Å². The van der Waals surface area contributed by atoms with E-state index in [0.29, 0.717) is 11.8 Å². The molecule has 0 aromatic rings. The molecule has 1 nitrogen and oxygen atoms in total. The number of allylic oxidation sites excluding steroid dienone is 2. The summed E-state index contributed by atoms with van der Waals surface area (Å²) in [5.41, 5.74) is 1.54. The van der Waals surface area contributed by atoms with Crippen LogP contribution in [0.1, 0.15) is 46.5 Å². The van der Waals surface area contributed by atoms with Crippen LogP contribution in [0.25, 0.3) is 0 Å². The van der Waals surface area contributed by atoms with Gasteiger partial charge in [0.05, 0.1) is 0 Å². The van der Waals surface area contributed by atoms with Crippen molar-refractivity contribution in [3.63, 3.8) is 0 Å². The normalized spacial score (nSPS) is 40.8. The molecule has 16 heavy (non-hydrogen) atoms. The third-order valence-corrected chi connectivity index (χ3v) is 4.91. The van der Waals surface area contributed by atoms with Gasteiger partial charge in [0.2, 0.25) is 0 Å². The van der Waals surface area contributed by atoms with Crippen LogP contribution in [0.4, 0.5) is 0 Å². The van der Waals surface area contributed by atoms with Crippen molar-refractivity contribution in [2.75, 3.05) is 0 Å². The Labute approximate surface area is 99.3 Å². The van der Waals surface area contributed by atoms with E-state index in [-0.39, 0.29) is 5.92 Å². The maximum Gasteiger partial charge on any atom is 0.123 e. The quantitative estimate of drug-likeness (QED) is 0.510. The standard InChI is InChI=1S/C15H24O/c1-10-4-6-13-11(2)5-7-14(12(3)9-16)15(13)8-10/h8-9,11-15H,4-7H2,1-3H3/t11-,12?,13+,14-,15+/m1/s1. The molecule has 5 atom stereocenters. The van der Waals surface area contributed by atoms with Gasteiger partial charge in [0.1, 0.15) is 6.29 Å². The van der Waals surface area contributed by atoms with Gasteiger partial charge < -0.3 is 4.79 Å². The number of hydrogen-bond donors (Lipinski definition) is 0. The Morgan fingerprint density at radius 3 is 2.81 bits per heavy atom. The molecular formula is C15H24O. The summed E-state index contributed by atoms with van der Waals surface area (Å²) in [5, 5.41) is 0. The summed E-state index contributed by atoms with van der Waals surface area (Å²) < 4.78 is 0. The molecule has 0 heterocycles. The molecule has 0 saturated heterocycles. The maximum absolute atomic E-state index is 11.0. The first-order valence-electron chi connectivity index (χ1n) is 6.76. The van der Waals surface area contributed by atoms with Gasteiger partial charge in [-0.25, -0.2) is 0 Å². The molecule has 0 bridgehead atoms. The molecule has 1 unspecified atom stereocenters. The van der Waals surface area contributed by atoms with Crippen LogP contribution in [-0.4, -0.2) is 6.29 Å². The molecule has 0 N–H and O–H groups in total. The van der Waals surface area contributed by atoms with E-state index in [2.05, 4.69) is 26.8 Å². The molecule has 0 amide bonds. The highest BCUT2D eigenvalue weighted by atomic mass is 16.1. The molecule has 1 saturated carbocycles. The Morgan fingerprint density at radius 2 is 2.12 bits per heavy atom. The molecule has 0 spiro atoms. The fourth-order valence-corrected chi connectivity index (χ4v) is 3.80. The highest BCUT2D eigenvalue weighted by Crippen LogP contribution is 2.47. The number of hydrogen-bond acceptors (Lipinski definition) is 1. The smallest absolute Gasteiger partial charge is 0.123 e. The molecule has 2 aliphatic rings. The van der Waals surface area contributed by atoms with Crippen LogP contribution in [0.15, 0.2) is 11.6 Å². The second kappa shape index (κ2) is 4.73. The van der Waals surface area contributed by atoms with Gasteiger partial charge >= 0.3 is 0 Å². The van der Waals surface area contributed by atoms with Gasteiger partial charge in [-0.2, -0.15) is 0 Å². The first kappa shape index (κ1) is 11.9. The number of aldehydes is 1. The summed E-state index contributed by atoms with van der Waals surface area (Å²) in [4.78, 5) is 11.0. The van der Waals surface area contributed by atoms with Crippen LogP contribution >= 0.6 is 0 Å². The minimum absolute atomic E-state index is 0.238. The second-order valence-electron chi connectivity index (χ2n) is 6.01. The first-order chi connectivity index (χ1) is 7.63. The molecule has 90 valence electrons. The highest BCUT2D eigenvalue weighted by molar-refractivity contribution is 5.53. The molecule has 2 aliphatic carbocycles. The van der Waals surface area contributed by atoms with Crippen molar-refractivity contribution in [2.24, 2.45) is 29.6 Å². The Balaban J connectivity index is 2.21. The van der Waals surface area contributed by atoms with Crippen LogP contribution < -0.4 is 0 Å². The Morgan fingerprint density at radius 1 is 1.38 bits per heavy atom. The van der Waals surface area contributed by atoms with Crippen molar-refractivity contribution in [3.8, 4) is 0 Å². The zero-order chi connectivity index (χ0) is 11.7. The molecule has 0 aromatic heterocycles. The summed E-state index contributed by atoms with van der Waals surface area (Å²) in [6, 6.07) is 0. The molecule has 1 fully saturated rings.